The minimum absolute atomic E-state index is 0.163. The maximum absolute atomic E-state index is 16.0. The Morgan fingerprint density at radius 3 is 2.48 bits per heavy atom. The van der Waals surface area contributed by atoms with Crippen LogP contribution in [0.2, 0.25) is 0 Å². The maximum Gasteiger partial charge on any atom is 0.165 e. The summed E-state index contributed by atoms with van der Waals surface area (Å²) in [5.74, 6) is -1.91. The molecule has 0 fully saturated rings. The van der Waals surface area contributed by atoms with Crippen molar-refractivity contribution in [2.45, 2.75) is 37.8 Å². The van der Waals surface area contributed by atoms with Gasteiger partial charge in [0.05, 0.1) is 0 Å². The van der Waals surface area contributed by atoms with Gasteiger partial charge in [0.2, 0.25) is 0 Å². The third-order valence-electron chi connectivity index (χ3n) is 4.99. The van der Waals surface area contributed by atoms with Crippen molar-refractivity contribution in [1.82, 2.24) is 0 Å². The van der Waals surface area contributed by atoms with Gasteiger partial charge in [-0.2, -0.15) is 0 Å². The van der Waals surface area contributed by atoms with Crippen molar-refractivity contribution >= 4 is 5.57 Å². The fraction of sp³-hybridized carbons (Fsp3) is 0.250. The van der Waals surface area contributed by atoms with Gasteiger partial charge in [-0.3, -0.25) is 0 Å². The van der Waals surface area contributed by atoms with Gasteiger partial charge in [0, 0.05) is 12.0 Å². The quantitative estimate of drug-likeness (QED) is 0.362. The molecule has 2 aromatic rings. The largest absolute Gasteiger partial charge is 0.233 e. The zero-order valence-corrected chi connectivity index (χ0v) is 15.2. The van der Waals surface area contributed by atoms with Gasteiger partial charge in [-0.15, -0.1) is 6.58 Å². The number of unbranched alkanes of at least 4 members (excludes halogenated alkanes) is 2. The Kier molecular flexibility index (Phi) is 6.00. The second-order valence-corrected chi connectivity index (χ2v) is 6.87. The van der Waals surface area contributed by atoms with Gasteiger partial charge in [0.15, 0.2) is 17.3 Å². The van der Waals surface area contributed by atoms with Crippen LogP contribution in [0.15, 0.2) is 73.3 Å². The van der Waals surface area contributed by atoms with Gasteiger partial charge >= 0.3 is 0 Å². The second kappa shape index (κ2) is 8.43. The van der Waals surface area contributed by atoms with Crippen LogP contribution in [0.4, 0.5) is 13.2 Å². The number of rotatable bonds is 7. The van der Waals surface area contributed by atoms with Gasteiger partial charge in [-0.1, -0.05) is 54.6 Å². The SMILES string of the molecule is C=CCCCCc1ccc(C2(F)CC=CC=C2c2ccc(F)c(F)c2)cc1. The van der Waals surface area contributed by atoms with E-state index in [0.717, 1.165) is 43.4 Å². The highest BCUT2D eigenvalue weighted by molar-refractivity contribution is 5.76. The third kappa shape index (κ3) is 4.24. The fourth-order valence-corrected chi connectivity index (χ4v) is 3.45. The van der Waals surface area contributed by atoms with Crippen LogP contribution >= 0.6 is 0 Å². The lowest BCUT2D eigenvalue weighted by Crippen LogP contribution is -2.23. The number of allylic oxidation sites excluding steroid dienone is 5. The van der Waals surface area contributed by atoms with Crippen molar-refractivity contribution in [2.24, 2.45) is 0 Å². The van der Waals surface area contributed by atoms with E-state index in [4.69, 9.17) is 0 Å². The molecule has 0 aliphatic heterocycles. The van der Waals surface area contributed by atoms with E-state index in [1.807, 2.05) is 18.2 Å². The normalized spacial score (nSPS) is 19.0. The van der Waals surface area contributed by atoms with E-state index in [0.29, 0.717) is 16.7 Å². The van der Waals surface area contributed by atoms with E-state index in [1.165, 1.54) is 6.07 Å². The van der Waals surface area contributed by atoms with Crippen LogP contribution in [0.5, 0.6) is 0 Å². The molecule has 140 valence electrons. The summed E-state index contributed by atoms with van der Waals surface area (Å²) in [5, 5.41) is 0. The first-order valence-corrected chi connectivity index (χ1v) is 9.26. The number of hydrogen-bond acceptors (Lipinski definition) is 0. The number of halogens is 3. The molecule has 0 saturated heterocycles. The van der Waals surface area contributed by atoms with Gasteiger partial charge in [-0.05, 0) is 54.5 Å². The first-order chi connectivity index (χ1) is 13.0. The number of benzene rings is 2. The molecule has 0 aromatic heterocycles. The van der Waals surface area contributed by atoms with Crippen molar-refractivity contribution in [3.63, 3.8) is 0 Å². The molecule has 27 heavy (non-hydrogen) atoms. The average molecular weight is 368 g/mol. The zero-order chi connectivity index (χ0) is 19.3. The van der Waals surface area contributed by atoms with Gasteiger partial charge in [-0.25, -0.2) is 13.2 Å². The van der Waals surface area contributed by atoms with E-state index >= 15 is 4.39 Å². The summed E-state index contributed by atoms with van der Waals surface area (Å²) in [7, 11) is 0. The highest BCUT2D eigenvalue weighted by atomic mass is 19.2. The Morgan fingerprint density at radius 1 is 1.00 bits per heavy atom. The maximum atomic E-state index is 16.0. The molecule has 0 saturated carbocycles. The van der Waals surface area contributed by atoms with Gasteiger partial charge in [0.25, 0.3) is 0 Å². The number of alkyl halides is 1. The van der Waals surface area contributed by atoms with Crippen LogP contribution in [0.25, 0.3) is 5.57 Å². The fourth-order valence-electron chi connectivity index (χ4n) is 3.45. The molecule has 1 aliphatic carbocycles. The number of hydrogen-bond donors (Lipinski definition) is 0. The van der Waals surface area contributed by atoms with Crippen LogP contribution in [-0.4, -0.2) is 0 Å². The molecule has 0 heterocycles. The molecule has 1 unspecified atom stereocenters. The van der Waals surface area contributed by atoms with Gasteiger partial charge in [0.1, 0.15) is 0 Å². The van der Waals surface area contributed by atoms with Crippen LogP contribution in [0.3, 0.4) is 0 Å². The lowest BCUT2D eigenvalue weighted by atomic mass is 9.78. The molecule has 1 aliphatic rings. The Morgan fingerprint density at radius 2 is 1.78 bits per heavy atom. The zero-order valence-electron chi connectivity index (χ0n) is 15.2. The minimum Gasteiger partial charge on any atom is -0.233 e. The summed E-state index contributed by atoms with van der Waals surface area (Å²) in [5.41, 5.74) is 0.631. The third-order valence-corrected chi connectivity index (χ3v) is 4.99. The average Bonchev–Trinajstić information content (AvgIpc) is 2.68. The smallest absolute Gasteiger partial charge is 0.165 e. The summed E-state index contributed by atoms with van der Waals surface area (Å²) in [6, 6.07) is 11.0. The lowest BCUT2D eigenvalue weighted by molar-refractivity contribution is 0.249. The molecule has 3 rings (SSSR count). The Bertz CT molecular complexity index is 862. The molecule has 0 N–H and O–H groups in total. The molecule has 2 aromatic carbocycles. The predicted octanol–water partition coefficient (Wildman–Crippen LogP) is 7.07. The van der Waals surface area contributed by atoms with E-state index in [9.17, 15) is 8.78 Å². The van der Waals surface area contributed by atoms with E-state index in [1.54, 1.807) is 30.4 Å². The highest BCUT2D eigenvalue weighted by Crippen LogP contribution is 2.45. The molecule has 0 spiro atoms. The molecule has 0 bridgehead atoms. The van der Waals surface area contributed by atoms with Crippen molar-refractivity contribution < 1.29 is 13.2 Å². The topological polar surface area (TPSA) is 0 Å². The van der Waals surface area contributed by atoms with Crippen LogP contribution < -0.4 is 0 Å². The molecular weight excluding hydrogens is 345 g/mol. The molecule has 0 nitrogen and oxygen atoms in total. The van der Waals surface area contributed by atoms with E-state index in [2.05, 4.69) is 6.58 Å². The first-order valence-electron chi connectivity index (χ1n) is 9.26. The summed E-state index contributed by atoms with van der Waals surface area (Å²) in [6.07, 6.45) is 11.3. The standard InChI is InChI=1S/C24H23F3/c1-2-3-4-5-8-18-10-13-20(14-11-18)24(27)16-7-6-9-21(24)19-12-15-22(25)23(26)17-19/h2,6-7,9-15,17H,1,3-5,8,16H2. The van der Waals surface area contributed by atoms with Crippen molar-refractivity contribution in [3.05, 3.63) is 102 Å². The molecule has 0 radical (unpaired) electrons. The molecule has 3 heteroatoms. The summed E-state index contributed by atoms with van der Waals surface area (Å²) in [6.45, 7) is 3.72. The van der Waals surface area contributed by atoms with Crippen molar-refractivity contribution in [2.75, 3.05) is 0 Å². The van der Waals surface area contributed by atoms with E-state index < -0.39 is 17.3 Å². The number of aryl methyl sites for hydroxylation is 1. The van der Waals surface area contributed by atoms with Crippen LogP contribution in [0.1, 0.15) is 42.4 Å². The Balaban J connectivity index is 1.84. The molecular formula is C24H23F3. The molecule has 0 amide bonds. The Hall–Kier alpha value is -2.55. The molecule has 1 atom stereocenters. The highest BCUT2D eigenvalue weighted by Gasteiger charge is 2.37. The van der Waals surface area contributed by atoms with Crippen LogP contribution in [0, 0.1) is 11.6 Å². The first kappa shape index (κ1) is 19.2. The summed E-state index contributed by atoms with van der Waals surface area (Å²) in [4.78, 5) is 0. The van der Waals surface area contributed by atoms with E-state index in [-0.39, 0.29) is 6.42 Å². The van der Waals surface area contributed by atoms with Crippen molar-refractivity contribution in [3.8, 4) is 0 Å². The Labute approximate surface area is 158 Å². The van der Waals surface area contributed by atoms with Crippen molar-refractivity contribution in [1.29, 1.82) is 0 Å². The van der Waals surface area contributed by atoms with Gasteiger partial charge < -0.3 is 0 Å². The monoisotopic (exact) mass is 368 g/mol. The minimum atomic E-state index is -1.76. The lowest BCUT2D eigenvalue weighted by Gasteiger charge is -2.30. The summed E-state index contributed by atoms with van der Waals surface area (Å²) >= 11 is 0. The summed E-state index contributed by atoms with van der Waals surface area (Å²) < 4.78 is 43.0. The second-order valence-electron chi connectivity index (χ2n) is 6.87. The predicted molar refractivity (Wildman–Crippen MR) is 105 cm³/mol. The van der Waals surface area contributed by atoms with Crippen LogP contribution in [-0.2, 0) is 12.1 Å².